The zero-order valence-electron chi connectivity index (χ0n) is 21.0. The van der Waals surface area contributed by atoms with Crippen LogP contribution in [0.5, 0.6) is 11.5 Å². The number of methoxy groups -OCH3 is 2. The smallest absolute Gasteiger partial charge is 0.173 e. The van der Waals surface area contributed by atoms with Gasteiger partial charge >= 0.3 is 0 Å². The zero-order chi connectivity index (χ0) is 26.5. The molecule has 1 aromatic heterocycles. The SMILES string of the molecule is COc1ccc(-c2cc(-c3ccc(OC)cc3)c(C#N)c(SCC(=O)c3ccc4ccccc4c3)n2)cc1. The standard InChI is InChI=1S/C32H24N2O3S/c1-36-26-13-9-22(10-14-26)28-18-30(23-11-15-27(37-2)16-12-23)34-32(29(28)19-33)38-20-31(35)25-8-7-21-5-3-4-6-24(21)17-25/h3-18H,20H2,1-2H3. The second-order valence-corrected chi connectivity index (χ2v) is 9.54. The van der Waals surface area contributed by atoms with Gasteiger partial charge in [-0.3, -0.25) is 4.79 Å². The van der Waals surface area contributed by atoms with Crippen molar-refractivity contribution < 1.29 is 14.3 Å². The molecule has 0 atom stereocenters. The fraction of sp³-hybridized carbons (Fsp3) is 0.0938. The predicted molar refractivity (Wildman–Crippen MR) is 152 cm³/mol. The summed E-state index contributed by atoms with van der Waals surface area (Å²) in [6, 6.07) is 33.1. The molecule has 0 N–H and O–H groups in total. The average molecular weight is 517 g/mol. The van der Waals surface area contributed by atoms with Crippen molar-refractivity contribution in [2.75, 3.05) is 20.0 Å². The molecule has 1 heterocycles. The number of pyridine rings is 1. The van der Waals surface area contributed by atoms with Crippen LogP contribution in [0, 0.1) is 11.3 Å². The molecule has 0 aliphatic rings. The molecule has 186 valence electrons. The monoisotopic (exact) mass is 516 g/mol. The van der Waals surface area contributed by atoms with Gasteiger partial charge in [-0.1, -0.05) is 60.3 Å². The number of ketones is 1. The number of benzene rings is 4. The highest BCUT2D eigenvalue weighted by atomic mass is 32.2. The molecule has 0 fully saturated rings. The number of nitriles is 1. The van der Waals surface area contributed by atoms with Gasteiger partial charge in [-0.25, -0.2) is 4.98 Å². The van der Waals surface area contributed by atoms with E-state index in [1.54, 1.807) is 14.2 Å². The lowest BCUT2D eigenvalue weighted by atomic mass is 9.99. The van der Waals surface area contributed by atoms with E-state index in [9.17, 15) is 10.1 Å². The Morgan fingerprint density at radius 2 is 1.45 bits per heavy atom. The van der Waals surface area contributed by atoms with Gasteiger partial charge in [-0.2, -0.15) is 5.26 Å². The molecule has 0 aliphatic carbocycles. The van der Waals surface area contributed by atoms with E-state index in [4.69, 9.17) is 14.5 Å². The summed E-state index contributed by atoms with van der Waals surface area (Å²) in [6.07, 6.45) is 0. The number of hydrogen-bond donors (Lipinski definition) is 0. The molecule has 5 rings (SSSR count). The molecule has 0 spiro atoms. The molecule has 5 aromatic rings. The van der Waals surface area contributed by atoms with Gasteiger partial charge in [0.2, 0.25) is 0 Å². The third kappa shape index (κ3) is 5.24. The summed E-state index contributed by atoms with van der Waals surface area (Å²) in [7, 11) is 3.24. The first-order valence-corrected chi connectivity index (χ1v) is 13.0. The van der Waals surface area contributed by atoms with Crippen molar-refractivity contribution in [2.24, 2.45) is 0 Å². The highest BCUT2D eigenvalue weighted by Crippen LogP contribution is 2.35. The van der Waals surface area contributed by atoms with Gasteiger partial charge in [0.15, 0.2) is 5.78 Å². The number of hydrogen-bond acceptors (Lipinski definition) is 6. The summed E-state index contributed by atoms with van der Waals surface area (Å²) < 4.78 is 10.6. The predicted octanol–water partition coefficient (Wildman–Crippen LogP) is 7.43. The van der Waals surface area contributed by atoms with Crippen molar-refractivity contribution in [1.82, 2.24) is 4.98 Å². The number of carbonyl (C=O) groups excluding carboxylic acids is 1. The normalized spacial score (nSPS) is 10.7. The molecule has 38 heavy (non-hydrogen) atoms. The van der Waals surface area contributed by atoms with Crippen LogP contribution in [0.25, 0.3) is 33.2 Å². The Hall–Kier alpha value is -4.60. The van der Waals surface area contributed by atoms with Crippen molar-refractivity contribution in [2.45, 2.75) is 5.03 Å². The van der Waals surface area contributed by atoms with Crippen molar-refractivity contribution in [3.8, 4) is 40.0 Å². The van der Waals surface area contributed by atoms with Crippen LogP contribution in [0.15, 0.2) is 102 Å². The van der Waals surface area contributed by atoms with Crippen LogP contribution < -0.4 is 9.47 Å². The van der Waals surface area contributed by atoms with Gasteiger partial charge < -0.3 is 9.47 Å². The number of ether oxygens (including phenoxy) is 2. The molecule has 0 bridgehead atoms. The van der Waals surface area contributed by atoms with Gasteiger partial charge in [0, 0.05) is 16.7 Å². The minimum Gasteiger partial charge on any atom is -0.497 e. The third-order valence-electron chi connectivity index (χ3n) is 6.30. The molecule has 5 nitrogen and oxygen atoms in total. The summed E-state index contributed by atoms with van der Waals surface area (Å²) in [6.45, 7) is 0. The fourth-order valence-corrected chi connectivity index (χ4v) is 5.12. The Morgan fingerprint density at radius 3 is 2.08 bits per heavy atom. The van der Waals surface area contributed by atoms with Gasteiger partial charge in [0.05, 0.1) is 31.2 Å². The average Bonchev–Trinajstić information content (AvgIpc) is 2.99. The van der Waals surface area contributed by atoms with Gasteiger partial charge in [-0.05, 0) is 64.9 Å². The number of Topliss-reactive ketones (excluding diaryl/α,β-unsaturated/α-hetero) is 1. The Balaban J connectivity index is 1.53. The zero-order valence-corrected chi connectivity index (χ0v) is 21.8. The number of rotatable bonds is 8. The van der Waals surface area contributed by atoms with Crippen molar-refractivity contribution in [3.63, 3.8) is 0 Å². The maximum Gasteiger partial charge on any atom is 0.173 e. The van der Waals surface area contributed by atoms with E-state index in [1.807, 2.05) is 97.1 Å². The Morgan fingerprint density at radius 1 is 0.816 bits per heavy atom. The Labute approximate surface area is 225 Å². The molecule has 0 radical (unpaired) electrons. The first-order chi connectivity index (χ1) is 18.6. The summed E-state index contributed by atoms with van der Waals surface area (Å²) in [5, 5.41) is 12.8. The second-order valence-electron chi connectivity index (χ2n) is 8.58. The van der Waals surface area contributed by atoms with E-state index < -0.39 is 0 Å². The minimum absolute atomic E-state index is 0.0210. The maximum atomic E-state index is 13.2. The number of thioether (sulfide) groups is 1. The maximum absolute atomic E-state index is 13.2. The summed E-state index contributed by atoms with van der Waals surface area (Å²) >= 11 is 1.28. The van der Waals surface area contributed by atoms with Crippen LogP contribution >= 0.6 is 11.8 Å². The second kappa shape index (κ2) is 11.2. The topological polar surface area (TPSA) is 72.2 Å². The number of nitrogens with zero attached hydrogens (tertiary/aromatic N) is 2. The van der Waals surface area contributed by atoms with Crippen LogP contribution in [0.4, 0.5) is 0 Å². The van der Waals surface area contributed by atoms with E-state index in [1.165, 1.54) is 11.8 Å². The van der Waals surface area contributed by atoms with E-state index >= 15 is 0 Å². The third-order valence-corrected chi connectivity index (χ3v) is 7.27. The first kappa shape index (κ1) is 25.1. The fourth-order valence-electron chi connectivity index (χ4n) is 4.22. The highest BCUT2D eigenvalue weighted by molar-refractivity contribution is 8.00. The molecular formula is C32H24N2O3S. The van der Waals surface area contributed by atoms with Crippen LogP contribution in [0.1, 0.15) is 15.9 Å². The van der Waals surface area contributed by atoms with E-state index in [2.05, 4.69) is 6.07 Å². The Kier molecular flexibility index (Phi) is 7.39. The summed E-state index contributed by atoms with van der Waals surface area (Å²) in [5.74, 6) is 1.61. The molecule has 0 saturated carbocycles. The summed E-state index contributed by atoms with van der Waals surface area (Å²) in [4.78, 5) is 18.0. The van der Waals surface area contributed by atoms with E-state index in [0.717, 1.165) is 39.0 Å². The van der Waals surface area contributed by atoms with Crippen molar-refractivity contribution >= 4 is 28.3 Å². The summed E-state index contributed by atoms with van der Waals surface area (Å²) in [5.41, 5.74) is 4.27. The van der Waals surface area contributed by atoms with Crippen LogP contribution in [-0.2, 0) is 0 Å². The number of carbonyl (C=O) groups is 1. The van der Waals surface area contributed by atoms with Crippen molar-refractivity contribution in [1.29, 1.82) is 5.26 Å². The largest absolute Gasteiger partial charge is 0.497 e. The van der Waals surface area contributed by atoms with Gasteiger partial charge in [0.1, 0.15) is 22.6 Å². The van der Waals surface area contributed by atoms with E-state index in [0.29, 0.717) is 21.8 Å². The highest BCUT2D eigenvalue weighted by Gasteiger charge is 2.18. The molecule has 0 saturated heterocycles. The molecule has 4 aromatic carbocycles. The minimum atomic E-state index is -0.0210. The van der Waals surface area contributed by atoms with Gasteiger partial charge in [-0.15, -0.1) is 0 Å². The van der Waals surface area contributed by atoms with Crippen LogP contribution in [0.3, 0.4) is 0 Å². The van der Waals surface area contributed by atoms with Gasteiger partial charge in [0.25, 0.3) is 0 Å². The molecule has 0 aliphatic heterocycles. The lowest BCUT2D eigenvalue weighted by Gasteiger charge is -2.13. The lowest BCUT2D eigenvalue weighted by Crippen LogP contribution is -2.04. The quantitative estimate of drug-likeness (QED) is 0.158. The lowest BCUT2D eigenvalue weighted by molar-refractivity contribution is 0.102. The van der Waals surface area contributed by atoms with Crippen molar-refractivity contribution in [3.05, 3.63) is 108 Å². The van der Waals surface area contributed by atoms with Crippen LogP contribution in [0.2, 0.25) is 0 Å². The molecule has 0 amide bonds. The molecule has 0 unspecified atom stereocenters. The number of aromatic nitrogens is 1. The van der Waals surface area contributed by atoms with E-state index in [-0.39, 0.29) is 11.5 Å². The first-order valence-electron chi connectivity index (χ1n) is 12.0. The molecule has 6 heteroatoms. The van der Waals surface area contributed by atoms with Crippen LogP contribution in [-0.4, -0.2) is 30.7 Å². The number of fused-ring (bicyclic) bond motifs is 1. The Bertz CT molecular complexity index is 1660. The molecular weight excluding hydrogens is 492 g/mol.